The maximum atomic E-state index is 13.6. The first-order valence-corrected chi connectivity index (χ1v) is 7.60. The number of aromatic nitrogens is 1. The quantitative estimate of drug-likeness (QED) is 0.906. The molecule has 1 saturated heterocycles. The highest BCUT2D eigenvalue weighted by atomic mass is 19.1. The summed E-state index contributed by atoms with van der Waals surface area (Å²) in [6.07, 6.45) is 1.30. The lowest BCUT2D eigenvalue weighted by Gasteiger charge is -2.43. The average Bonchev–Trinajstić information content (AvgIpc) is 2.39. The third-order valence-electron chi connectivity index (χ3n) is 3.68. The highest BCUT2D eigenvalue weighted by molar-refractivity contribution is 5.49. The van der Waals surface area contributed by atoms with E-state index in [2.05, 4.69) is 42.9 Å². The third-order valence-corrected chi connectivity index (χ3v) is 3.68. The second kappa shape index (κ2) is 6.71. The highest BCUT2D eigenvalue weighted by Gasteiger charge is 2.32. The van der Waals surface area contributed by atoms with Crippen LogP contribution in [0.1, 0.15) is 33.3 Å². The van der Waals surface area contributed by atoms with E-state index in [9.17, 15) is 4.39 Å². The Balaban J connectivity index is 2.21. The molecular formula is C16H26FN3O. The fraction of sp³-hybridized carbons (Fsp3) is 0.688. The van der Waals surface area contributed by atoms with Crippen LogP contribution in [-0.4, -0.2) is 36.8 Å². The van der Waals surface area contributed by atoms with E-state index < -0.39 is 0 Å². The lowest BCUT2D eigenvalue weighted by Crippen LogP contribution is -2.54. The number of pyridine rings is 1. The summed E-state index contributed by atoms with van der Waals surface area (Å²) in [6, 6.07) is 1.58. The highest BCUT2D eigenvalue weighted by Crippen LogP contribution is 2.28. The maximum absolute atomic E-state index is 13.6. The number of ether oxygens (including phenoxy) is 1. The molecule has 1 aliphatic heterocycles. The van der Waals surface area contributed by atoms with E-state index >= 15 is 0 Å². The molecule has 4 nitrogen and oxygen atoms in total. The van der Waals surface area contributed by atoms with Gasteiger partial charge in [0.1, 0.15) is 11.6 Å². The zero-order valence-electron chi connectivity index (χ0n) is 13.4. The standard InChI is InChI=1S/C16H26FN3O/c1-12(2)8-18-9-13-7-14(17)10-19-15(13)20-5-6-21-11-16(20,3)4/h7,10,12,18H,5-6,8-9,11H2,1-4H3. The van der Waals surface area contributed by atoms with Crippen LogP contribution in [0.3, 0.4) is 0 Å². The van der Waals surface area contributed by atoms with Crippen LogP contribution >= 0.6 is 0 Å². The third kappa shape index (κ3) is 4.14. The van der Waals surface area contributed by atoms with E-state index in [4.69, 9.17) is 4.74 Å². The Labute approximate surface area is 126 Å². The van der Waals surface area contributed by atoms with Gasteiger partial charge in [-0.25, -0.2) is 9.37 Å². The van der Waals surface area contributed by atoms with Gasteiger partial charge in [0.2, 0.25) is 0 Å². The zero-order chi connectivity index (χ0) is 15.5. The topological polar surface area (TPSA) is 37.4 Å². The molecule has 118 valence electrons. The maximum Gasteiger partial charge on any atom is 0.141 e. The van der Waals surface area contributed by atoms with E-state index in [0.29, 0.717) is 25.7 Å². The van der Waals surface area contributed by atoms with Gasteiger partial charge in [0.05, 0.1) is 24.9 Å². The van der Waals surface area contributed by atoms with E-state index in [1.165, 1.54) is 6.20 Å². The summed E-state index contributed by atoms with van der Waals surface area (Å²) in [5.41, 5.74) is 0.779. The van der Waals surface area contributed by atoms with Crippen molar-refractivity contribution in [3.8, 4) is 0 Å². The molecule has 1 aromatic heterocycles. The van der Waals surface area contributed by atoms with Gasteiger partial charge in [-0.3, -0.25) is 0 Å². The fourth-order valence-electron chi connectivity index (χ4n) is 2.59. The molecule has 0 aromatic carbocycles. The first kappa shape index (κ1) is 16.2. The Kier molecular flexibility index (Phi) is 5.17. The molecule has 1 aromatic rings. The lowest BCUT2D eigenvalue weighted by atomic mass is 10.0. The van der Waals surface area contributed by atoms with Gasteiger partial charge in [0.25, 0.3) is 0 Å². The second-order valence-corrected chi connectivity index (χ2v) is 6.68. The molecule has 1 aliphatic rings. The van der Waals surface area contributed by atoms with Gasteiger partial charge in [-0.1, -0.05) is 13.8 Å². The number of rotatable bonds is 5. The molecule has 0 saturated carbocycles. The van der Waals surface area contributed by atoms with Crippen LogP contribution in [0.25, 0.3) is 0 Å². The molecule has 0 amide bonds. The number of nitrogens with one attached hydrogen (secondary N) is 1. The monoisotopic (exact) mass is 295 g/mol. The van der Waals surface area contributed by atoms with Gasteiger partial charge in [0, 0.05) is 18.7 Å². The molecule has 0 bridgehead atoms. The van der Waals surface area contributed by atoms with E-state index in [0.717, 1.165) is 24.5 Å². The summed E-state index contributed by atoms with van der Waals surface area (Å²) < 4.78 is 19.1. The van der Waals surface area contributed by atoms with Crippen LogP contribution < -0.4 is 10.2 Å². The molecule has 5 heteroatoms. The molecule has 1 N–H and O–H groups in total. The van der Waals surface area contributed by atoms with Crippen LogP contribution in [-0.2, 0) is 11.3 Å². The Morgan fingerprint density at radius 2 is 2.24 bits per heavy atom. The largest absolute Gasteiger partial charge is 0.377 e. The Morgan fingerprint density at radius 3 is 2.90 bits per heavy atom. The number of hydrogen-bond donors (Lipinski definition) is 1. The summed E-state index contributed by atoms with van der Waals surface area (Å²) in [5.74, 6) is 1.14. The van der Waals surface area contributed by atoms with Crippen molar-refractivity contribution in [3.05, 3.63) is 23.6 Å². The number of anilines is 1. The van der Waals surface area contributed by atoms with Crippen molar-refractivity contribution < 1.29 is 9.13 Å². The van der Waals surface area contributed by atoms with Gasteiger partial charge in [-0.15, -0.1) is 0 Å². The van der Waals surface area contributed by atoms with Gasteiger partial charge in [-0.2, -0.15) is 0 Å². The number of morpholine rings is 1. The Hall–Kier alpha value is -1.20. The number of halogens is 1. The molecular weight excluding hydrogens is 269 g/mol. The van der Waals surface area contributed by atoms with Gasteiger partial charge < -0.3 is 15.0 Å². The summed E-state index contributed by atoms with van der Waals surface area (Å²) in [4.78, 5) is 6.58. The van der Waals surface area contributed by atoms with Gasteiger partial charge in [-0.05, 0) is 32.4 Å². The molecule has 2 rings (SSSR count). The molecule has 1 fully saturated rings. The molecule has 0 spiro atoms. The predicted molar refractivity (Wildman–Crippen MR) is 83.0 cm³/mol. The smallest absolute Gasteiger partial charge is 0.141 e. The number of hydrogen-bond acceptors (Lipinski definition) is 4. The van der Waals surface area contributed by atoms with Crippen LogP contribution in [0.4, 0.5) is 10.2 Å². The van der Waals surface area contributed by atoms with Crippen molar-refractivity contribution in [3.63, 3.8) is 0 Å². The first-order chi connectivity index (χ1) is 9.90. The minimum atomic E-state index is -0.286. The molecule has 21 heavy (non-hydrogen) atoms. The zero-order valence-corrected chi connectivity index (χ0v) is 13.4. The van der Waals surface area contributed by atoms with Crippen molar-refractivity contribution in [2.24, 2.45) is 5.92 Å². The fourth-order valence-corrected chi connectivity index (χ4v) is 2.59. The molecule has 0 atom stereocenters. The van der Waals surface area contributed by atoms with Crippen molar-refractivity contribution in [2.75, 3.05) is 31.2 Å². The summed E-state index contributed by atoms with van der Waals surface area (Å²) >= 11 is 0. The summed E-state index contributed by atoms with van der Waals surface area (Å²) in [5, 5.41) is 3.37. The summed E-state index contributed by atoms with van der Waals surface area (Å²) in [6.45, 7) is 12.2. The van der Waals surface area contributed by atoms with Crippen molar-refractivity contribution in [1.29, 1.82) is 0 Å². The van der Waals surface area contributed by atoms with Crippen molar-refractivity contribution >= 4 is 5.82 Å². The molecule has 0 radical (unpaired) electrons. The van der Waals surface area contributed by atoms with Crippen molar-refractivity contribution in [2.45, 2.75) is 39.8 Å². The Morgan fingerprint density at radius 1 is 1.48 bits per heavy atom. The normalized spacial score (nSPS) is 18.3. The van der Waals surface area contributed by atoms with E-state index in [1.54, 1.807) is 6.07 Å². The number of nitrogens with zero attached hydrogens (tertiary/aromatic N) is 2. The SMILES string of the molecule is CC(C)CNCc1cc(F)cnc1N1CCOCC1(C)C. The second-order valence-electron chi connectivity index (χ2n) is 6.68. The minimum absolute atomic E-state index is 0.129. The van der Waals surface area contributed by atoms with Crippen LogP contribution in [0.5, 0.6) is 0 Å². The molecule has 0 aliphatic carbocycles. The minimum Gasteiger partial charge on any atom is -0.377 e. The predicted octanol–water partition coefficient (Wildman–Crippen LogP) is 2.58. The van der Waals surface area contributed by atoms with Crippen LogP contribution in [0, 0.1) is 11.7 Å². The lowest BCUT2D eigenvalue weighted by molar-refractivity contribution is 0.0638. The average molecular weight is 295 g/mol. The van der Waals surface area contributed by atoms with Gasteiger partial charge >= 0.3 is 0 Å². The van der Waals surface area contributed by atoms with Crippen LogP contribution in [0.2, 0.25) is 0 Å². The molecule has 0 unspecified atom stereocenters. The summed E-state index contributed by atoms with van der Waals surface area (Å²) in [7, 11) is 0. The van der Waals surface area contributed by atoms with E-state index in [-0.39, 0.29) is 11.4 Å². The molecule has 2 heterocycles. The van der Waals surface area contributed by atoms with Crippen LogP contribution in [0.15, 0.2) is 12.3 Å². The first-order valence-electron chi connectivity index (χ1n) is 7.60. The van der Waals surface area contributed by atoms with Crippen molar-refractivity contribution in [1.82, 2.24) is 10.3 Å². The van der Waals surface area contributed by atoms with E-state index in [1.807, 2.05) is 0 Å². The van der Waals surface area contributed by atoms with Gasteiger partial charge in [0.15, 0.2) is 0 Å². The Bertz CT molecular complexity index is 477.